The molecule has 0 spiro atoms. The van der Waals surface area contributed by atoms with Gasteiger partial charge < -0.3 is 19.9 Å². The van der Waals surface area contributed by atoms with Gasteiger partial charge in [0, 0.05) is 43.6 Å². The molecule has 6 heteroatoms. The first-order valence-electron chi connectivity index (χ1n) is 11.4. The van der Waals surface area contributed by atoms with Crippen LogP contribution < -0.4 is 19.9 Å². The number of benzene rings is 3. The van der Waals surface area contributed by atoms with E-state index in [1.54, 1.807) is 7.11 Å². The molecule has 1 saturated heterocycles. The maximum absolute atomic E-state index is 13.5. The summed E-state index contributed by atoms with van der Waals surface area (Å²) in [5, 5.41) is 3.16. The second-order valence-electron chi connectivity index (χ2n) is 8.69. The summed E-state index contributed by atoms with van der Waals surface area (Å²) in [6.07, 6.45) is 0.679. The molecule has 0 saturated carbocycles. The minimum atomic E-state index is -0.241. The zero-order valence-corrected chi connectivity index (χ0v) is 18.7. The highest BCUT2D eigenvalue weighted by Crippen LogP contribution is 2.39. The highest BCUT2D eigenvalue weighted by Gasteiger charge is 2.41. The van der Waals surface area contributed by atoms with Gasteiger partial charge in [0.05, 0.1) is 19.1 Å². The van der Waals surface area contributed by atoms with Crippen molar-refractivity contribution >= 4 is 17.3 Å². The summed E-state index contributed by atoms with van der Waals surface area (Å²) in [5.74, 6) is 0.462. The minimum absolute atomic E-state index is 0.0131. The Labute approximate surface area is 193 Å². The van der Waals surface area contributed by atoms with Gasteiger partial charge in [0.2, 0.25) is 5.91 Å². The zero-order chi connectivity index (χ0) is 22.8. The van der Waals surface area contributed by atoms with Gasteiger partial charge in [-0.15, -0.1) is 0 Å². The van der Waals surface area contributed by atoms with Crippen molar-refractivity contribution in [1.82, 2.24) is 5.32 Å². The Kier molecular flexibility index (Phi) is 5.90. The lowest BCUT2D eigenvalue weighted by Crippen LogP contribution is -2.61. The van der Waals surface area contributed by atoms with Crippen LogP contribution in [0.1, 0.15) is 11.1 Å². The van der Waals surface area contributed by atoms with Crippen molar-refractivity contribution < 1.29 is 13.9 Å². The maximum Gasteiger partial charge on any atom is 0.225 e. The lowest BCUT2D eigenvalue weighted by Gasteiger charge is -2.49. The summed E-state index contributed by atoms with van der Waals surface area (Å²) >= 11 is 0. The molecule has 1 fully saturated rings. The van der Waals surface area contributed by atoms with Crippen LogP contribution in [0.2, 0.25) is 0 Å². The topological polar surface area (TPSA) is 44.8 Å². The molecule has 1 amide bonds. The predicted octanol–water partition coefficient (Wildman–Crippen LogP) is 4.02. The first-order valence-corrected chi connectivity index (χ1v) is 11.4. The van der Waals surface area contributed by atoms with E-state index in [1.165, 1.54) is 17.7 Å². The van der Waals surface area contributed by atoms with Crippen LogP contribution in [0, 0.1) is 11.7 Å². The number of piperazine rings is 1. The van der Waals surface area contributed by atoms with Crippen molar-refractivity contribution in [2.75, 3.05) is 36.5 Å². The number of carbonyl (C=O) groups excluding carboxylic acids is 1. The first kappa shape index (κ1) is 21.3. The van der Waals surface area contributed by atoms with Gasteiger partial charge >= 0.3 is 0 Å². The van der Waals surface area contributed by atoms with Gasteiger partial charge in [-0.05, 0) is 47.9 Å². The summed E-state index contributed by atoms with van der Waals surface area (Å²) in [5.41, 5.74) is 4.38. The SMILES string of the molecule is COc1ccc2c(c1)N1CCN(c3ccc(F)cc3)C[C@@H]1[C@H](C(=O)NCc1ccccc1)C2. The predicted molar refractivity (Wildman–Crippen MR) is 128 cm³/mol. The van der Waals surface area contributed by atoms with Crippen LogP contribution in [0.3, 0.4) is 0 Å². The number of rotatable bonds is 5. The smallest absolute Gasteiger partial charge is 0.225 e. The number of methoxy groups -OCH3 is 1. The molecule has 3 aromatic rings. The number of anilines is 2. The van der Waals surface area contributed by atoms with E-state index in [0.717, 1.165) is 35.8 Å². The third kappa shape index (κ3) is 4.38. The summed E-state index contributed by atoms with van der Waals surface area (Å²) in [4.78, 5) is 18.0. The van der Waals surface area contributed by atoms with Gasteiger partial charge in [-0.2, -0.15) is 0 Å². The monoisotopic (exact) mass is 445 g/mol. The molecule has 2 heterocycles. The first-order chi connectivity index (χ1) is 16.1. The van der Waals surface area contributed by atoms with Crippen LogP contribution in [-0.4, -0.2) is 38.7 Å². The molecule has 0 aliphatic carbocycles. The quantitative estimate of drug-likeness (QED) is 0.645. The molecule has 1 N–H and O–H groups in total. The fraction of sp³-hybridized carbons (Fsp3) is 0.296. The van der Waals surface area contributed by atoms with Crippen LogP contribution in [0.4, 0.5) is 15.8 Å². The number of fused-ring (bicyclic) bond motifs is 3. The molecular weight excluding hydrogens is 417 g/mol. The number of amides is 1. The van der Waals surface area contributed by atoms with Gasteiger partial charge in [-0.25, -0.2) is 4.39 Å². The Morgan fingerprint density at radius 3 is 2.61 bits per heavy atom. The van der Waals surface area contributed by atoms with Crippen LogP contribution in [-0.2, 0) is 17.8 Å². The molecule has 33 heavy (non-hydrogen) atoms. The summed E-state index contributed by atoms with van der Waals surface area (Å²) in [7, 11) is 1.67. The minimum Gasteiger partial charge on any atom is -0.497 e. The molecule has 0 radical (unpaired) electrons. The fourth-order valence-corrected chi connectivity index (χ4v) is 5.01. The largest absolute Gasteiger partial charge is 0.497 e. The molecule has 170 valence electrons. The summed E-state index contributed by atoms with van der Waals surface area (Å²) < 4.78 is 18.9. The van der Waals surface area contributed by atoms with Crippen LogP contribution in [0.25, 0.3) is 0 Å². The normalized spacial score (nSPS) is 19.5. The Bertz CT molecular complexity index is 1120. The van der Waals surface area contributed by atoms with E-state index < -0.39 is 0 Å². The number of hydrogen-bond acceptors (Lipinski definition) is 4. The van der Waals surface area contributed by atoms with Crippen molar-refractivity contribution in [1.29, 1.82) is 0 Å². The highest BCUT2D eigenvalue weighted by molar-refractivity contribution is 5.82. The van der Waals surface area contributed by atoms with Gasteiger partial charge in [-0.1, -0.05) is 36.4 Å². The second kappa shape index (κ2) is 9.14. The van der Waals surface area contributed by atoms with Gasteiger partial charge in [0.15, 0.2) is 0 Å². The van der Waals surface area contributed by atoms with E-state index in [2.05, 4.69) is 27.2 Å². The Hall–Kier alpha value is -3.54. The van der Waals surface area contributed by atoms with Gasteiger partial charge in [0.25, 0.3) is 0 Å². The fourth-order valence-electron chi connectivity index (χ4n) is 5.01. The van der Waals surface area contributed by atoms with E-state index in [-0.39, 0.29) is 23.7 Å². The average molecular weight is 446 g/mol. The highest BCUT2D eigenvalue weighted by atomic mass is 19.1. The van der Waals surface area contributed by atoms with Crippen LogP contribution >= 0.6 is 0 Å². The van der Waals surface area contributed by atoms with Crippen molar-refractivity contribution in [2.24, 2.45) is 5.92 Å². The lowest BCUT2D eigenvalue weighted by atomic mass is 9.83. The molecule has 2 atom stereocenters. The molecule has 2 aliphatic rings. The number of carbonyl (C=O) groups is 1. The maximum atomic E-state index is 13.5. The Morgan fingerprint density at radius 1 is 1.06 bits per heavy atom. The molecule has 5 nitrogen and oxygen atoms in total. The van der Waals surface area contributed by atoms with E-state index >= 15 is 0 Å². The van der Waals surface area contributed by atoms with Gasteiger partial charge in [-0.3, -0.25) is 4.79 Å². The molecule has 3 aromatic carbocycles. The molecule has 0 unspecified atom stereocenters. The standard InChI is InChI=1S/C27H28FN3O2/c1-33-23-12-7-20-15-24(27(32)29-17-19-5-3-2-4-6-19)26-18-30(13-14-31(26)25(20)16-23)22-10-8-21(28)9-11-22/h2-12,16,24,26H,13-15,17-18H2,1H3,(H,29,32)/t24-,26-/m1/s1. The lowest BCUT2D eigenvalue weighted by molar-refractivity contribution is -0.126. The van der Waals surface area contributed by atoms with E-state index in [1.807, 2.05) is 48.5 Å². The van der Waals surface area contributed by atoms with Crippen molar-refractivity contribution in [3.05, 3.63) is 89.7 Å². The van der Waals surface area contributed by atoms with E-state index in [9.17, 15) is 9.18 Å². The molecule has 0 bridgehead atoms. The summed E-state index contributed by atoms with van der Waals surface area (Å²) in [6.45, 7) is 2.80. The Balaban J connectivity index is 1.42. The third-order valence-electron chi connectivity index (χ3n) is 6.76. The third-order valence-corrected chi connectivity index (χ3v) is 6.76. The molecule has 5 rings (SSSR count). The van der Waals surface area contributed by atoms with Gasteiger partial charge in [0.1, 0.15) is 11.6 Å². The Morgan fingerprint density at radius 2 is 1.85 bits per heavy atom. The van der Waals surface area contributed by atoms with Crippen LogP contribution in [0.5, 0.6) is 5.75 Å². The summed E-state index contributed by atoms with van der Waals surface area (Å²) in [6, 6.07) is 22.7. The number of ether oxygens (including phenoxy) is 1. The van der Waals surface area contributed by atoms with Crippen molar-refractivity contribution in [3.63, 3.8) is 0 Å². The average Bonchev–Trinajstić information content (AvgIpc) is 2.87. The number of nitrogens with one attached hydrogen (secondary N) is 1. The number of nitrogens with zero attached hydrogens (tertiary/aromatic N) is 2. The molecular formula is C27H28FN3O2. The van der Waals surface area contributed by atoms with Crippen molar-refractivity contribution in [3.8, 4) is 5.75 Å². The zero-order valence-electron chi connectivity index (χ0n) is 18.7. The van der Waals surface area contributed by atoms with Crippen molar-refractivity contribution in [2.45, 2.75) is 19.0 Å². The van der Waals surface area contributed by atoms with Crippen LogP contribution in [0.15, 0.2) is 72.8 Å². The van der Waals surface area contributed by atoms with E-state index in [4.69, 9.17) is 4.74 Å². The number of hydrogen-bond donors (Lipinski definition) is 1. The van der Waals surface area contributed by atoms with E-state index in [0.29, 0.717) is 19.5 Å². The molecule has 2 aliphatic heterocycles. The number of halogens is 1. The molecule has 0 aromatic heterocycles. The second-order valence-corrected chi connectivity index (χ2v) is 8.69.